The van der Waals surface area contributed by atoms with E-state index in [0.717, 1.165) is 24.8 Å². The zero-order valence-corrected chi connectivity index (χ0v) is 13.0. The highest BCUT2D eigenvalue weighted by atomic mass is 16.4. The topological polar surface area (TPSA) is 79.5 Å². The quantitative estimate of drug-likeness (QED) is 0.909. The molecule has 23 heavy (non-hydrogen) atoms. The molecule has 2 N–H and O–H groups in total. The number of aliphatic carboxylic acids is 1. The van der Waals surface area contributed by atoms with Gasteiger partial charge in [0.15, 0.2) is 0 Å². The first-order chi connectivity index (χ1) is 11.1. The van der Waals surface area contributed by atoms with Crippen LogP contribution in [0.2, 0.25) is 0 Å². The number of nitrogens with one attached hydrogen (secondary N) is 1. The molecule has 0 saturated carbocycles. The average molecular weight is 313 g/mol. The Balaban J connectivity index is 1.83. The summed E-state index contributed by atoms with van der Waals surface area (Å²) in [6, 6.07) is 8.07. The lowest BCUT2D eigenvalue weighted by Crippen LogP contribution is -2.31. The van der Waals surface area contributed by atoms with Gasteiger partial charge in [-0.25, -0.2) is 0 Å². The van der Waals surface area contributed by atoms with Crippen LogP contribution in [0.1, 0.15) is 51.7 Å². The van der Waals surface area contributed by atoms with Gasteiger partial charge >= 0.3 is 5.97 Å². The van der Waals surface area contributed by atoms with Crippen molar-refractivity contribution in [2.24, 2.45) is 0 Å². The van der Waals surface area contributed by atoms with E-state index in [4.69, 9.17) is 9.52 Å². The molecule has 1 aliphatic carbocycles. The van der Waals surface area contributed by atoms with Crippen LogP contribution in [0.3, 0.4) is 0 Å². The number of amides is 1. The summed E-state index contributed by atoms with van der Waals surface area (Å²) in [5, 5.41) is 12.0. The van der Waals surface area contributed by atoms with Crippen molar-refractivity contribution in [3.63, 3.8) is 0 Å². The van der Waals surface area contributed by atoms with Gasteiger partial charge in [-0.1, -0.05) is 24.3 Å². The minimum absolute atomic E-state index is 0.0422. The number of carbonyl (C=O) groups excluding carboxylic acids is 1. The summed E-state index contributed by atoms with van der Waals surface area (Å²) in [5.74, 6) is -1.08. The molecule has 5 nitrogen and oxygen atoms in total. The Bertz CT molecular complexity index is 747. The number of aryl methyl sites for hydroxylation is 2. The van der Waals surface area contributed by atoms with E-state index < -0.39 is 5.97 Å². The molecular weight excluding hydrogens is 294 g/mol. The van der Waals surface area contributed by atoms with Crippen LogP contribution in [0, 0.1) is 6.92 Å². The second-order valence-corrected chi connectivity index (χ2v) is 5.90. The fourth-order valence-corrected chi connectivity index (χ4v) is 3.20. The van der Waals surface area contributed by atoms with Crippen molar-refractivity contribution in [1.82, 2.24) is 5.32 Å². The maximum absolute atomic E-state index is 12.6. The zero-order chi connectivity index (χ0) is 16.4. The molecular formula is C18H19NO4. The van der Waals surface area contributed by atoms with E-state index >= 15 is 0 Å². The van der Waals surface area contributed by atoms with Gasteiger partial charge in [0, 0.05) is 5.56 Å². The van der Waals surface area contributed by atoms with E-state index in [1.807, 2.05) is 18.2 Å². The predicted molar refractivity (Wildman–Crippen MR) is 84.4 cm³/mol. The van der Waals surface area contributed by atoms with Crippen LogP contribution in [0.25, 0.3) is 0 Å². The first kappa shape index (κ1) is 15.3. The third kappa shape index (κ3) is 3.13. The predicted octanol–water partition coefficient (Wildman–Crippen LogP) is 3.02. The molecule has 1 aliphatic rings. The summed E-state index contributed by atoms with van der Waals surface area (Å²) in [5.41, 5.74) is 3.41. The summed E-state index contributed by atoms with van der Waals surface area (Å²) in [6.07, 6.45) is 4.07. The second kappa shape index (κ2) is 6.28. The molecule has 5 heteroatoms. The summed E-state index contributed by atoms with van der Waals surface area (Å²) in [7, 11) is 0. The number of hydrogen-bond donors (Lipinski definition) is 2. The molecule has 1 heterocycles. The number of benzene rings is 1. The van der Waals surface area contributed by atoms with Crippen molar-refractivity contribution >= 4 is 11.9 Å². The Hall–Kier alpha value is -2.56. The summed E-state index contributed by atoms with van der Waals surface area (Å²) >= 11 is 0. The highest BCUT2D eigenvalue weighted by Gasteiger charge is 2.25. The Labute approximate surface area is 134 Å². The molecule has 0 saturated heterocycles. The first-order valence-electron chi connectivity index (χ1n) is 7.73. The van der Waals surface area contributed by atoms with E-state index in [9.17, 15) is 9.59 Å². The van der Waals surface area contributed by atoms with Gasteiger partial charge in [0.2, 0.25) is 0 Å². The molecule has 3 rings (SSSR count). The van der Waals surface area contributed by atoms with Crippen molar-refractivity contribution in [2.45, 2.75) is 38.6 Å². The van der Waals surface area contributed by atoms with Crippen LogP contribution in [0.5, 0.6) is 0 Å². The lowest BCUT2D eigenvalue weighted by Gasteiger charge is -2.26. The molecule has 120 valence electrons. The molecule has 1 unspecified atom stereocenters. The van der Waals surface area contributed by atoms with Gasteiger partial charge in [-0.15, -0.1) is 0 Å². The number of furan rings is 1. The Morgan fingerprint density at radius 1 is 1.35 bits per heavy atom. The molecule has 0 spiro atoms. The third-order valence-electron chi connectivity index (χ3n) is 4.26. The monoisotopic (exact) mass is 313 g/mol. The second-order valence-electron chi connectivity index (χ2n) is 5.90. The maximum Gasteiger partial charge on any atom is 0.311 e. The molecule has 2 aromatic rings. The van der Waals surface area contributed by atoms with E-state index in [-0.39, 0.29) is 24.1 Å². The van der Waals surface area contributed by atoms with Crippen LogP contribution in [-0.2, 0) is 17.6 Å². The number of hydrogen-bond acceptors (Lipinski definition) is 3. The van der Waals surface area contributed by atoms with Gasteiger partial charge in [0.1, 0.15) is 12.2 Å². The normalized spacial score (nSPS) is 16.7. The molecule has 1 aromatic carbocycles. The van der Waals surface area contributed by atoms with E-state index in [1.165, 1.54) is 11.8 Å². The van der Waals surface area contributed by atoms with Gasteiger partial charge < -0.3 is 14.8 Å². The average Bonchev–Trinajstić information content (AvgIpc) is 2.87. The lowest BCUT2D eigenvalue weighted by atomic mass is 9.87. The molecule has 0 bridgehead atoms. The fraction of sp³-hybridized carbons (Fsp3) is 0.333. The first-order valence-corrected chi connectivity index (χ1v) is 7.73. The molecule has 0 fully saturated rings. The van der Waals surface area contributed by atoms with Crippen molar-refractivity contribution < 1.29 is 19.1 Å². The SMILES string of the molecule is Cc1coc(CC(=O)O)c1C(=O)NC1CCCc2ccccc21. The molecule has 1 aromatic heterocycles. The number of fused-ring (bicyclic) bond motifs is 1. The molecule has 1 amide bonds. The van der Waals surface area contributed by atoms with Crippen LogP contribution in [-0.4, -0.2) is 17.0 Å². The highest BCUT2D eigenvalue weighted by molar-refractivity contribution is 5.97. The highest BCUT2D eigenvalue weighted by Crippen LogP contribution is 2.30. The maximum atomic E-state index is 12.6. The van der Waals surface area contributed by atoms with Crippen LogP contribution in [0.15, 0.2) is 34.9 Å². The molecule has 0 radical (unpaired) electrons. The number of rotatable bonds is 4. The standard InChI is InChI=1S/C18H19NO4/c1-11-10-23-15(9-16(20)21)17(11)18(22)19-14-8-4-6-12-5-2-3-7-13(12)14/h2-3,5,7,10,14H,4,6,8-9H2,1H3,(H,19,22)(H,20,21). The Morgan fingerprint density at radius 3 is 2.91 bits per heavy atom. The third-order valence-corrected chi connectivity index (χ3v) is 4.26. The van der Waals surface area contributed by atoms with Crippen LogP contribution < -0.4 is 5.32 Å². The minimum Gasteiger partial charge on any atom is -0.481 e. The van der Waals surface area contributed by atoms with Gasteiger partial charge in [0.25, 0.3) is 5.91 Å². The smallest absolute Gasteiger partial charge is 0.311 e. The molecule has 1 atom stereocenters. The van der Waals surface area contributed by atoms with E-state index in [0.29, 0.717) is 11.1 Å². The van der Waals surface area contributed by atoms with Gasteiger partial charge in [0.05, 0.1) is 17.9 Å². The number of carboxylic acid groups (broad SMARTS) is 1. The van der Waals surface area contributed by atoms with Crippen molar-refractivity contribution in [3.05, 3.63) is 58.5 Å². The lowest BCUT2D eigenvalue weighted by molar-refractivity contribution is -0.136. The van der Waals surface area contributed by atoms with Crippen molar-refractivity contribution in [2.75, 3.05) is 0 Å². The largest absolute Gasteiger partial charge is 0.481 e. The van der Waals surface area contributed by atoms with E-state index in [2.05, 4.69) is 11.4 Å². The fourth-order valence-electron chi connectivity index (χ4n) is 3.20. The van der Waals surface area contributed by atoms with Crippen LogP contribution in [0.4, 0.5) is 0 Å². The minimum atomic E-state index is -1.02. The Kier molecular flexibility index (Phi) is 4.19. The summed E-state index contributed by atoms with van der Waals surface area (Å²) in [6.45, 7) is 1.75. The number of carbonyl (C=O) groups is 2. The van der Waals surface area contributed by atoms with Crippen molar-refractivity contribution in [3.8, 4) is 0 Å². The summed E-state index contributed by atoms with van der Waals surface area (Å²) < 4.78 is 5.24. The van der Waals surface area contributed by atoms with Gasteiger partial charge in [-0.05, 0) is 37.3 Å². The van der Waals surface area contributed by atoms with Crippen LogP contribution >= 0.6 is 0 Å². The summed E-state index contributed by atoms with van der Waals surface area (Å²) in [4.78, 5) is 23.6. The zero-order valence-electron chi connectivity index (χ0n) is 13.0. The van der Waals surface area contributed by atoms with Crippen molar-refractivity contribution in [1.29, 1.82) is 0 Å². The van der Waals surface area contributed by atoms with Gasteiger partial charge in [-0.3, -0.25) is 9.59 Å². The van der Waals surface area contributed by atoms with E-state index in [1.54, 1.807) is 6.92 Å². The van der Waals surface area contributed by atoms with Gasteiger partial charge in [-0.2, -0.15) is 0 Å². The number of carboxylic acids is 1. The Morgan fingerprint density at radius 2 is 2.13 bits per heavy atom. The molecule has 0 aliphatic heterocycles.